The second-order valence-corrected chi connectivity index (χ2v) is 4.76. The minimum atomic E-state index is -0.286. The molecule has 1 aliphatic heterocycles. The molecule has 2 N–H and O–H groups in total. The zero-order chi connectivity index (χ0) is 13.7. The van der Waals surface area contributed by atoms with Gasteiger partial charge in [0.1, 0.15) is 0 Å². The van der Waals surface area contributed by atoms with Gasteiger partial charge < -0.3 is 15.5 Å². The van der Waals surface area contributed by atoms with E-state index in [4.69, 9.17) is 11.6 Å². The molecule has 0 spiro atoms. The topological polar surface area (TPSA) is 61.4 Å². The van der Waals surface area contributed by atoms with Crippen molar-refractivity contribution >= 4 is 35.8 Å². The predicted octanol–water partition coefficient (Wildman–Crippen LogP) is 0.923. The van der Waals surface area contributed by atoms with Gasteiger partial charge in [0.05, 0.1) is 6.54 Å². The van der Waals surface area contributed by atoms with E-state index < -0.39 is 0 Å². The van der Waals surface area contributed by atoms with Crippen LogP contribution in [0.5, 0.6) is 0 Å². The van der Waals surface area contributed by atoms with Gasteiger partial charge in [0, 0.05) is 36.8 Å². The number of nitrogens with one attached hydrogen (secondary N) is 2. The van der Waals surface area contributed by atoms with E-state index in [1.54, 1.807) is 29.2 Å². The van der Waals surface area contributed by atoms with E-state index in [-0.39, 0.29) is 30.8 Å². The normalized spacial score (nSPS) is 14.3. The van der Waals surface area contributed by atoms with Crippen molar-refractivity contribution in [2.45, 2.75) is 0 Å². The number of halogens is 2. The molecule has 0 bridgehead atoms. The van der Waals surface area contributed by atoms with Gasteiger partial charge in [-0.1, -0.05) is 17.7 Å². The molecule has 1 fully saturated rings. The van der Waals surface area contributed by atoms with Crippen LogP contribution in [-0.4, -0.2) is 49.4 Å². The Kier molecular flexibility index (Phi) is 6.78. The molecular weight excluding hydrogens is 301 g/mol. The molecule has 0 unspecified atom stereocenters. The van der Waals surface area contributed by atoms with Gasteiger partial charge in [-0.15, -0.1) is 12.4 Å². The molecule has 0 radical (unpaired) electrons. The van der Waals surface area contributed by atoms with Crippen LogP contribution in [0, 0.1) is 0 Å². The van der Waals surface area contributed by atoms with Gasteiger partial charge in [-0.2, -0.15) is 0 Å². The molecule has 110 valence electrons. The zero-order valence-corrected chi connectivity index (χ0v) is 12.5. The fourth-order valence-electron chi connectivity index (χ4n) is 1.91. The molecule has 20 heavy (non-hydrogen) atoms. The van der Waals surface area contributed by atoms with Crippen LogP contribution in [0.15, 0.2) is 24.3 Å². The molecule has 2 amide bonds. The predicted molar refractivity (Wildman–Crippen MR) is 80.5 cm³/mol. The molecule has 0 saturated carbocycles. The van der Waals surface area contributed by atoms with E-state index in [2.05, 4.69) is 10.6 Å². The largest absolute Gasteiger partial charge is 0.343 e. The maximum atomic E-state index is 11.9. The lowest BCUT2D eigenvalue weighted by Gasteiger charge is -2.27. The highest BCUT2D eigenvalue weighted by Gasteiger charge is 2.16. The molecule has 1 aromatic carbocycles. The number of carbonyl (C=O) groups excluding carboxylic acids is 2. The second-order valence-electron chi connectivity index (χ2n) is 4.32. The average Bonchev–Trinajstić information content (AvgIpc) is 2.45. The van der Waals surface area contributed by atoms with E-state index in [0.29, 0.717) is 23.7 Å². The molecule has 0 aliphatic carbocycles. The number of hydrogen-bond acceptors (Lipinski definition) is 3. The lowest BCUT2D eigenvalue weighted by Crippen LogP contribution is -2.49. The first kappa shape index (κ1) is 16.8. The van der Waals surface area contributed by atoms with Crippen LogP contribution < -0.4 is 10.6 Å². The van der Waals surface area contributed by atoms with Gasteiger partial charge in [0.25, 0.3) is 5.91 Å². The first-order valence-electron chi connectivity index (χ1n) is 6.19. The van der Waals surface area contributed by atoms with Crippen molar-refractivity contribution in [3.63, 3.8) is 0 Å². The van der Waals surface area contributed by atoms with E-state index in [0.717, 1.165) is 13.1 Å². The first-order valence-corrected chi connectivity index (χ1v) is 6.57. The number of nitrogens with zero attached hydrogens (tertiary/aromatic N) is 1. The molecule has 5 nitrogen and oxygen atoms in total. The lowest BCUT2D eigenvalue weighted by atomic mass is 10.2. The third-order valence-corrected chi connectivity index (χ3v) is 3.19. The summed E-state index contributed by atoms with van der Waals surface area (Å²) in [7, 11) is 0. The smallest absolute Gasteiger partial charge is 0.251 e. The fourth-order valence-corrected chi connectivity index (χ4v) is 2.10. The van der Waals surface area contributed by atoms with E-state index >= 15 is 0 Å². The molecule has 7 heteroatoms. The maximum absolute atomic E-state index is 11.9. The first-order chi connectivity index (χ1) is 9.16. The Bertz CT molecular complexity index is 476. The van der Waals surface area contributed by atoms with Gasteiger partial charge in [0.2, 0.25) is 5.91 Å². The molecule has 1 saturated heterocycles. The third kappa shape index (κ3) is 4.67. The van der Waals surface area contributed by atoms with Crippen LogP contribution in [0.1, 0.15) is 10.4 Å². The van der Waals surface area contributed by atoms with Crippen molar-refractivity contribution in [1.82, 2.24) is 15.5 Å². The van der Waals surface area contributed by atoms with Gasteiger partial charge in [-0.05, 0) is 18.2 Å². The average molecular weight is 318 g/mol. The molecule has 1 aliphatic rings. The minimum Gasteiger partial charge on any atom is -0.343 e. The van der Waals surface area contributed by atoms with Crippen LogP contribution in [-0.2, 0) is 4.79 Å². The Morgan fingerprint density at radius 1 is 1.30 bits per heavy atom. The van der Waals surface area contributed by atoms with Crippen LogP contribution in [0.4, 0.5) is 0 Å². The van der Waals surface area contributed by atoms with E-state index in [1.165, 1.54) is 0 Å². The summed E-state index contributed by atoms with van der Waals surface area (Å²) < 4.78 is 0. The van der Waals surface area contributed by atoms with Crippen LogP contribution in [0.25, 0.3) is 0 Å². The van der Waals surface area contributed by atoms with E-state index in [1.807, 2.05) is 0 Å². The summed E-state index contributed by atoms with van der Waals surface area (Å²) in [6.45, 7) is 2.99. The number of benzene rings is 1. The lowest BCUT2D eigenvalue weighted by molar-refractivity contribution is -0.130. The van der Waals surface area contributed by atoms with E-state index in [9.17, 15) is 9.59 Å². The highest BCUT2D eigenvalue weighted by molar-refractivity contribution is 6.30. The second kappa shape index (κ2) is 8.09. The Morgan fingerprint density at radius 2 is 2.00 bits per heavy atom. The van der Waals surface area contributed by atoms with Crippen molar-refractivity contribution < 1.29 is 9.59 Å². The molecule has 1 aromatic rings. The summed E-state index contributed by atoms with van der Waals surface area (Å²) in [5.41, 5.74) is 0.459. The van der Waals surface area contributed by atoms with Crippen molar-refractivity contribution in [3.05, 3.63) is 34.9 Å². The molecule has 2 rings (SSSR count). The number of piperazine rings is 1. The van der Waals surface area contributed by atoms with Crippen LogP contribution >= 0.6 is 24.0 Å². The Labute approximate surface area is 129 Å². The van der Waals surface area contributed by atoms with Crippen molar-refractivity contribution in [1.29, 1.82) is 0 Å². The summed E-state index contributed by atoms with van der Waals surface area (Å²) in [4.78, 5) is 25.4. The standard InChI is InChI=1S/C13H16ClN3O2.ClH/c14-11-3-1-2-10(8-11)13(19)16-9-12(18)17-6-4-15-5-7-17;/h1-3,8,15H,4-7,9H2,(H,16,19);1H. The summed E-state index contributed by atoms with van der Waals surface area (Å²) in [6, 6.07) is 6.64. The van der Waals surface area contributed by atoms with Crippen LogP contribution in [0.3, 0.4) is 0 Å². The quantitative estimate of drug-likeness (QED) is 0.871. The molecule has 0 aromatic heterocycles. The number of carbonyl (C=O) groups is 2. The number of amides is 2. The van der Waals surface area contributed by atoms with Gasteiger partial charge >= 0.3 is 0 Å². The number of rotatable bonds is 3. The van der Waals surface area contributed by atoms with Crippen molar-refractivity contribution in [2.24, 2.45) is 0 Å². The summed E-state index contributed by atoms with van der Waals surface area (Å²) in [5.74, 6) is -0.345. The molecular formula is C13H17Cl2N3O2. The highest BCUT2D eigenvalue weighted by Crippen LogP contribution is 2.10. The Hall–Kier alpha value is -1.30. The summed E-state index contributed by atoms with van der Waals surface area (Å²) in [5, 5.41) is 6.29. The Morgan fingerprint density at radius 3 is 2.65 bits per heavy atom. The van der Waals surface area contributed by atoms with Crippen molar-refractivity contribution in [2.75, 3.05) is 32.7 Å². The summed E-state index contributed by atoms with van der Waals surface area (Å²) >= 11 is 5.81. The van der Waals surface area contributed by atoms with Crippen LogP contribution in [0.2, 0.25) is 5.02 Å². The van der Waals surface area contributed by atoms with Gasteiger partial charge in [-0.25, -0.2) is 0 Å². The van der Waals surface area contributed by atoms with Crippen molar-refractivity contribution in [3.8, 4) is 0 Å². The maximum Gasteiger partial charge on any atom is 0.251 e. The minimum absolute atomic E-state index is 0. The third-order valence-electron chi connectivity index (χ3n) is 2.96. The molecule has 0 atom stereocenters. The highest BCUT2D eigenvalue weighted by atomic mass is 35.5. The monoisotopic (exact) mass is 317 g/mol. The van der Waals surface area contributed by atoms with Gasteiger partial charge in [-0.3, -0.25) is 9.59 Å². The molecule has 1 heterocycles. The van der Waals surface area contributed by atoms with Gasteiger partial charge in [0.15, 0.2) is 0 Å². The zero-order valence-electron chi connectivity index (χ0n) is 10.9. The SMILES string of the molecule is Cl.O=C(NCC(=O)N1CCNCC1)c1cccc(Cl)c1. The fraction of sp³-hybridized carbons (Fsp3) is 0.385. The summed E-state index contributed by atoms with van der Waals surface area (Å²) in [6.07, 6.45) is 0. The Balaban J connectivity index is 0.00000200. The number of hydrogen-bond donors (Lipinski definition) is 2.